The number of Topliss-reactive ketones (excluding diaryl/α,β-unsaturated/α-hetero) is 2. The molecule has 0 amide bonds. The maximum atomic E-state index is 13.4. The molecule has 1 aliphatic carbocycles. The highest BCUT2D eigenvalue weighted by Crippen LogP contribution is 2.67. The second-order valence-corrected chi connectivity index (χ2v) is 34.4. The highest BCUT2D eigenvalue weighted by atomic mass is 32.3. The topological polar surface area (TPSA) is 71.1 Å². The first-order valence-corrected chi connectivity index (χ1v) is 38.1. The number of fused-ring (bicyclic) bond motifs is 1. The van der Waals surface area contributed by atoms with Crippen molar-refractivity contribution in [2.45, 2.75) is 117 Å². The molecule has 7 rings (SSSR count). The molecule has 1 aromatic rings. The van der Waals surface area contributed by atoms with Gasteiger partial charge in [-0.15, -0.1) is 70.6 Å². The van der Waals surface area contributed by atoms with Crippen molar-refractivity contribution in [1.82, 2.24) is 0 Å². The largest absolute Gasteiger partial charge is 0.378 e. The molecular formula is C52H70O6S14. The molecule has 0 atom stereocenters. The Morgan fingerprint density at radius 3 is 1.03 bits per heavy atom. The third kappa shape index (κ3) is 20.4. The number of rotatable bonds is 20. The summed E-state index contributed by atoms with van der Waals surface area (Å²) in [6, 6.07) is 7.18. The van der Waals surface area contributed by atoms with Gasteiger partial charge in [0.15, 0.2) is 0 Å². The Bertz CT molecular complexity index is 2000. The van der Waals surface area contributed by atoms with E-state index in [-0.39, 0.29) is 11.6 Å². The Kier molecular flexibility index (Phi) is 30.8. The van der Waals surface area contributed by atoms with Crippen LogP contribution in [0, 0.1) is 0 Å². The number of benzene rings is 1. The quantitative estimate of drug-likeness (QED) is 0.116. The zero-order valence-electron chi connectivity index (χ0n) is 41.7. The molecule has 0 N–H and O–H groups in total. The fraction of sp³-hybridized carbons (Fsp3) is 0.615. The molecule has 0 aromatic heterocycles. The molecule has 0 fully saturated rings. The van der Waals surface area contributed by atoms with Gasteiger partial charge in [0.1, 0.15) is 0 Å². The minimum Gasteiger partial charge on any atom is -0.378 e. The lowest BCUT2D eigenvalue weighted by Gasteiger charge is -2.13. The molecule has 0 bridgehead atoms. The van der Waals surface area contributed by atoms with Gasteiger partial charge in [-0.2, -0.15) is 0 Å². The first-order valence-electron chi connectivity index (χ1n) is 25.7. The summed E-state index contributed by atoms with van der Waals surface area (Å²) in [6.45, 7) is 9.54. The SMILES string of the molecule is CCCCCCCCCCSC1=C(SCCCCCCCCCC)SC(=C2SC3=C(SCCOCCOCCSC4=C(SCCOCCOCCS3)SC(=C3SC5=C(S3)C(=O)c3ccccc3C5=O)S4)S2)S1. The molecule has 5 heterocycles. The fourth-order valence-corrected chi connectivity index (χ4v) is 28.2. The van der Waals surface area contributed by atoms with Crippen LogP contribution < -0.4 is 0 Å². The van der Waals surface area contributed by atoms with Crippen LogP contribution in [0.25, 0.3) is 0 Å². The van der Waals surface area contributed by atoms with Crippen LogP contribution in [0.15, 0.2) is 76.4 Å². The molecule has 20 heteroatoms. The summed E-state index contributed by atoms with van der Waals surface area (Å²) in [5, 5.41) is 0. The molecule has 5 aliphatic heterocycles. The maximum Gasteiger partial charge on any atom is 0.201 e. The second kappa shape index (κ2) is 36.2. The number of carbonyl (C=O) groups is 2. The Labute approximate surface area is 491 Å². The lowest BCUT2D eigenvalue weighted by molar-refractivity contribution is 0.0605. The average molecular weight is 1240 g/mol. The zero-order valence-corrected chi connectivity index (χ0v) is 53.1. The number of ketones is 2. The van der Waals surface area contributed by atoms with Crippen LogP contribution in [-0.2, 0) is 18.9 Å². The van der Waals surface area contributed by atoms with Crippen molar-refractivity contribution in [1.29, 1.82) is 0 Å². The summed E-state index contributed by atoms with van der Waals surface area (Å²) < 4.78 is 37.8. The number of carbonyl (C=O) groups excluding carboxylic acids is 2. The molecule has 0 saturated carbocycles. The predicted octanol–water partition coefficient (Wildman–Crippen LogP) is 19.6. The standard InChI is InChI=1S/C52H70O6S14/c1-3-5-7-9-11-13-15-19-31-59-43-44(60-32-20-16-14-12-10-8-6-4-2)68-51(67-43)52-71-47-48(72-52)64-36-30-58-26-24-56-28-34-62-46-45(61-33-27-55-23-25-57-29-35-63-47)69-50(70-46)49-65-41-39(53)37-21-17-18-22-38(37)40(54)42(41)66-49/h17-18,21-22H,3-16,19-20,23-36H2,1-2H3. The normalized spacial score (nSPS) is 20.8. The minimum atomic E-state index is -0.0502. The van der Waals surface area contributed by atoms with Crippen LogP contribution in [0.2, 0.25) is 0 Å². The summed E-state index contributed by atoms with van der Waals surface area (Å²) >= 11 is 26.2. The van der Waals surface area contributed by atoms with Gasteiger partial charge in [-0.3, -0.25) is 9.59 Å². The zero-order chi connectivity index (χ0) is 50.0. The van der Waals surface area contributed by atoms with Crippen molar-refractivity contribution >= 4 is 176 Å². The van der Waals surface area contributed by atoms with Gasteiger partial charge in [0.2, 0.25) is 11.6 Å². The molecule has 398 valence electrons. The van der Waals surface area contributed by atoms with Crippen molar-refractivity contribution in [3.05, 3.63) is 87.6 Å². The van der Waals surface area contributed by atoms with Crippen LogP contribution in [-0.4, -0.2) is 98.9 Å². The summed E-state index contributed by atoms with van der Waals surface area (Å²) in [5.41, 5.74) is 1.01. The third-order valence-electron chi connectivity index (χ3n) is 11.4. The van der Waals surface area contributed by atoms with E-state index in [9.17, 15) is 9.59 Å². The van der Waals surface area contributed by atoms with Crippen LogP contribution in [0.5, 0.6) is 0 Å². The molecular weight excluding hydrogens is 1170 g/mol. The fourth-order valence-electron chi connectivity index (χ4n) is 7.62. The molecule has 0 spiro atoms. The molecule has 0 saturated heterocycles. The van der Waals surface area contributed by atoms with Gasteiger partial charge in [-0.05, 0) is 24.3 Å². The number of ether oxygens (including phenoxy) is 4. The highest BCUT2D eigenvalue weighted by Gasteiger charge is 2.40. The number of unbranched alkanes of at least 4 members (excludes halogenated alkanes) is 14. The third-order valence-corrected chi connectivity index (χ3v) is 31.7. The van der Waals surface area contributed by atoms with E-state index < -0.39 is 0 Å². The lowest BCUT2D eigenvalue weighted by atomic mass is 9.94. The molecule has 6 aliphatic rings. The Hall–Kier alpha value is 1.74. The summed E-state index contributed by atoms with van der Waals surface area (Å²) in [5.74, 6) is 5.81. The Balaban J connectivity index is 0.872. The monoisotopic (exact) mass is 1240 g/mol. The van der Waals surface area contributed by atoms with E-state index in [0.717, 1.165) is 31.5 Å². The highest BCUT2D eigenvalue weighted by molar-refractivity contribution is 8.45. The maximum absolute atomic E-state index is 13.4. The van der Waals surface area contributed by atoms with Crippen LogP contribution in [0.4, 0.5) is 0 Å². The van der Waals surface area contributed by atoms with Crippen molar-refractivity contribution in [2.24, 2.45) is 0 Å². The minimum absolute atomic E-state index is 0.0502. The van der Waals surface area contributed by atoms with Crippen molar-refractivity contribution in [3.8, 4) is 0 Å². The van der Waals surface area contributed by atoms with E-state index in [2.05, 4.69) is 37.4 Å². The van der Waals surface area contributed by atoms with Crippen molar-refractivity contribution < 1.29 is 28.5 Å². The number of thioether (sulfide) groups is 14. The Morgan fingerprint density at radius 1 is 0.375 bits per heavy atom. The van der Waals surface area contributed by atoms with E-state index in [4.69, 9.17) is 18.9 Å². The molecule has 1 aromatic carbocycles. The first-order chi connectivity index (χ1) is 35.5. The van der Waals surface area contributed by atoms with Gasteiger partial charge < -0.3 is 18.9 Å². The predicted molar refractivity (Wildman–Crippen MR) is 341 cm³/mol. The summed E-state index contributed by atoms with van der Waals surface area (Å²) in [7, 11) is 0. The van der Waals surface area contributed by atoms with Gasteiger partial charge >= 0.3 is 0 Å². The van der Waals surface area contributed by atoms with Gasteiger partial charge in [0.25, 0.3) is 0 Å². The van der Waals surface area contributed by atoms with Crippen LogP contribution >= 0.6 is 165 Å². The lowest BCUT2D eigenvalue weighted by Crippen LogP contribution is -2.17. The van der Waals surface area contributed by atoms with Gasteiger partial charge in [0.05, 0.1) is 105 Å². The van der Waals surface area contributed by atoms with Crippen LogP contribution in [0.1, 0.15) is 137 Å². The van der Waals surface area contributed by atoms with E-state index >= 15 is 0 Å². The summed E-state index contributed by atoms with van der Waals surface area (Å²) in [6.07, 6.45) is 21.9. The van der Waals surface area contributed by atoms with E-state index in [1.807, 2.05) is 106 Å². The molecule has 0 unspecified atom stereocenters. The number of allylic oxidation sites excluding steroid dienone is 2. The molecule has 72 heavy (non-hydrogen) atoms. The van der Waals surface area contributed by atoms with Crippen LogP contribution in [0.3, 0.4) is 0 Å². The second-order valence-electron chi connectivity index (χ2n) is 17.0. The number of hydrogen-bond donors (Lipinski definition) is 0. The van der Waals surface area contributed by atoms with E-state index in [1.54, 1.807) is 44.1 Å². The van der Waals surface area contributed by atoms with Crippen molar-refractivity contribution in [2.75, 3.05) is 87.4 Å². The van der Waals surface area contributed by atoms with Gasteiger partial charge in [-0.25, -0.2) is 0 Å². The summed E-state index contributed by atoms with van der Waals surface area (Å²) in [4.78, 5) is 28.0. The average Bonchev–Trinajstić information content (AvgIpc) is 4.21. The van der Waals surface area contributed by atoms with E-state index in [1.165, 1.54) is 163 Å². The Morgan fingerprint density at radius 2 is 0.681 bits per heavy atom. The molecule has 6 nitrogen and oxygen atoms in total. The van der Waals surface area contributed by atoms with E-state index in [0.29, 0.717) is 73.8 Å². The van der Waals surface area contributed by atoms with Gasteiger partial charge in [0, 0.05) is 34.1 Å². The number of hydrogen-bond acceptors (Lipinski definition) is 20. The smallest absolute Gasteiger partial charge is 0.201 e. The first kappa shape index (κ1) is 61.4. The van der Waals surface area contributed by atoms with Crippen molar-refractivity contribution in [3.63, 3.8) is 0 Å². The molecule has 0 radical (unpaired) electrons. The van der Waals surface area contributed by atoms with Gasteiger partial charge in [-0.1, -0.05) is 222 Å².